The average molecular weight is 322 g/mol. The van der Waals surface area contributed by atoms with E-state index in [-0.39, 0.29) is 6.10 Å². The van der Waals surface area contributed by atoms with Crippen molar-refractivity contribution in [2.45, 2.75) is 25.7 Å². The van der Waals surface area contributed by atoms with Gasteiger partial charge in [-0.2, -0.15) is 5.10 Å². The van der Waals surface area contributed by atoms with Crippen molar-refractivity contribution in [1.29, 1.82) is 0 Å². The summed E-state index contributed by atoms with van der Waals surface area (Å²) in [6.45, 7) is 4.06. The summed E-state index contributed by atoms with van der Waals surface area (Å²) < 4.78 is 7.51. The lowest BCUT2D eigenvalue weighted by Crippen LogP contribution is -2.29. The Morgan fingerprint density at radius 1 is 1.36 bits per heavy atom. The lowest BCUT2D eigenvalue weighted by molar-refractivity contribution is 0.0736. The molecule has 1 N–H and O–H groups in total. The zero-order valence-corrected chi connectivity index (χ0v) is 13.5. The largest absolute Gasteiger partial charge is 0.483 e. The SMILES string of the molecule is Cc1cc(Cl)cc(CN2C[C@@H](O)[C@H](Oc3cnn(C)c3)C2)c1. The summed E-state index contributed by atoms with van der Waals surface area (Å²) in [6, 6.07) is 6.03. The van der Waals surface area contributed by atoms with Gasteiger partial charge in [0.1, 0.15) is 12.2 Å². The Morgan fingerprint density at radius 3 is 2.86 bits per heavy atom. The predicted octanol–water partition coefficient (Wildman–Crippen LogP) is 2.01. The normalized spacial score (nSPS) is 22.2. The Balaban J connectivity index is 1.62. The van der Waals surface area contributed by atoms with Crippen molar-refractivity contribution < 1.29 is 9.84 Å². The van der Waals surface area contributed by atoms with Crippen LogP contribution in [0.1, 0.15) is 11.1 Å². The molecule has 0 bridgehead atoms. The number of rotatable bonds is 4. The van der Waals surface area contributed by atoms with E-state index < -0.39 is 6.10 Å². The molecule has 0 radical (unpaired) electrons. The Bertz CT molecular complexity index is 638. The smallest absolute Gasteiger partial charge is 0.157 e. The zero-order chi connectivity index (χ0) is 15.7. The van der Waals surface area contributed by atoms with Crippen LogP contribution in [0, 0.1) is 6.92 Å². The number of nitrogens with zero attached hydrogens (tertiary/aromatic N) is 3. The minimum atomic E-state index is -0.500. The maximum Gasteiger partial charge on any atom is 0.157 e. The van der Waals surface area contributed by atoms with E-state index in [0.29, 0.717) is 18.8 Å². The van der Waals surface area contributed by atoms with Crippen LogP contribution in [0.4, 0.5) is 0 Å². The molecule has 0 saturated carbocycles. The molecule has 0 amide bonds. The fourth-order valence-corrected chi connectivity index (χ4v) is 3.19. The summed E-state index contributed by atoms with van der Waals surface area (Å²) in [7, 11) is 1.84. The highest BCUT2D eigenvalue weighted by atomic mass is 35.5. The van der Waals surface area contributed by atoms with E-state index in [0.717, 1.165) is 22.7 Å². The maximum absolute atomic E-state index is 10.2. The molecule has 2 aromatic rings. The van der Waals surface area contributed by atoms with Gasteiger partial charge in [0, 0.05) is 31.7 Å². The first-order valence-electron chi connectivity index (χ1n) is 7.31. The molecule has 6 heteroatoms. The van der Waals surface area contributed by atoms with Crippen molar-refractivity contribution in [2.75, 3.05) is 13.1 Å². The fraction of sp³-hybridized carbons (Fsp3) is 0.438. The van der Waals surface area contributed by atoms with E-state index in [1.165, 1.54) is 0 Å². The van der Waals surface area contributed by atoms with Gasteiger partial charge in [-0.3, -0.25) is 9.58 Å². The number of halogens is 1. The van der Waals surface area contributed by atoms with Gasteiger partial charge in [0.05, 0.1) is 12.4 Å². The molecule has 5 nitrogen and oxygen atoms in total. The van der Waals surface area contributed by atoms with Crippen LogP contribution < -0.4 is 4.74 Å². The van der Waals surface area contributed by atoms with Crippen molar-refractivity contribution in [3.63, 3.8) is 0 Å². The number of aryl methyl sites for hydroxylation is 2. The molecule has 1 fully saturated rings. The zero-order valence-electron chi connectivity index (χ0n) is 12.7. The van der Waals surface area contributed by atoms with Gasteiger partial charge in [0.25, 0.3) is 0 Å². The Kier molecular flexibility index (Phi) is 4.38. The second kappa shape index (κ2) is 6.28. The molecule has 2 atom stereocenters. The van der Waals surface area contributed by atoms with Gasteiger partial charge in [0.2, 0.25) is 0 Å². The lowest BCUT2D eigenvalue weighted by atomic mass is 10.1. The Hall–Kier alpha value is -1.56. The van der Waals surface area contributed by atoms with Crippen LogP contribution in [-0.2, 0) is 13.6 Å². The molecule has 0 aliphatic carbocycles. The number of benzene rings is 1. The summed E-state index contributed by atoms with van der Waals surface area (Å²) in [4.78, 5) is 2.18. The number of aliphatic hydroxyl groups excluding tert-OH is 1. The van der Waals surface area contributed by atoms with Crippen LogP contribution in [0.25, 0.3) is 0 Å². The van der Waals surface area contributed by atoms with Gasteiger partial charge >= 0.3 is 0 Å². The maximum atomic E-state index is 10.2. The molecule has 0 spiro atoms. The first-order valence-corrected chi connectivity index (χ1v) is 7.69. The summed E-state index contributed by atoms with van der Waals surface area (Å²) in [5, 5.41) is 15.0. The van der Waals surface area contributed by atoms with Gasteiger partial charge in [0.15, 0.2) is 5.75 Å². The number of hydrogen-bond donors (Lipinski definition) is 1. The van der Waals surface area contributed by atoms with Crippen molar-refractivity contribution in [3.05, 3.63) is 46.7 Å². The van der Waals surface area contributed by atoms with Crippen LogP contribution in [0.2, 0.25) is 5.02 Å². The molecule has 1 aromatic carbocycles. The third kappa shape index (κ3) is 3.61. The van der Waals surface area contributed by atoms with Crippen LogP contribution >= 0.6 is 11.6 Å². The first kappa shape index (κ1) is 15.3. The summed E-state index contributed by atoms with van der Waals surface area (Å²) in [5.74, 6) is 0.687. The van der Waals surface area contributed by atoms with Gasteiger partial charge in [-0.05, 0) is 30.2 Å². The minimum Gasteiger partial charge on any atom is -0.483 e. The van der Waals surface area contributed by atoms with Gasteiger partial charge in [-0.25, -0.2) is 0 Å². The number of hydrogen-bond acceptors (Lipinski definition) is 4. The monoisotopic (exact) mass is 321 g/mol. The second-order valence-corrected chi connectivity index (χ2v) is 6.34. The van der Waals surface area contributed by atoms with Crippen LogP contribution in [-0.4, -0.2) is 45.1 Å². The van der Waals surface area contributed by atoms with Gasteiger partial charge in [-0.1, -0.05) is 17.7 Å². The average Bonchev–Trinajstić information content (AvgIpc) is 2.95. The standard InChI is InChI=1S/C16H20ClN3O2/c1-11-3-12(5-13(17)4-11)7-20-9-15(21)16(10-20)22-14-6-18-19(2)8-14/h3-6,8,15-16,21H,7,9-10H2,1-2H3/t15-,16-/m1/s1. The highest BCUT2D eigenvalue weighted by molar-refractivity contribution is 6.30. The van der Waals surface area contributed by atoms with E-state index >= 15 is 0 Å². The molecular formula is C16H20ClN3O2. The summed E-state index contributed by atoms with van der Waals surface area (Å²) >= 11 is 6.10. The fourth-order valence-electron chi connectivity index (χ4n) is 2.87. The molecule has 22 heavy (non-hydrogen) atoms. The topological polar surface area (TPSA) is 50.5 Å². The van der Waals surface area contributed by atoms with Gasteiger partial charge < -0.3 is 9.84 Å². The number of aromatic nitrogens is 2. The van der Waals surface area contributed by atoms with Crippen molar-refractivity contribution in [2.24, 2.45) is 7.05 Å². The number of aliphatic hydroxyl groups is 1. The lowest BCUT2D eigenvalue weighted by Gasteiger charge is -2.16. The molecule has 1 aromatic heterocycles. The van der Waals surface area contributed by atoms with E-state index in [1.54, 1.807) is 17.1 Å². The predicted molar refractivity (Wildman–Crippen MR) is 85.1 cm³/mol. The van der Waals surface area contributed by atoms with E-state index in [1.807, 2.05) is 26.1 Å². The summed E-state index contributed by atoms with van der Waals surface area (Å²) in [6.07, 6.45) is 2.73. The molecule has 118 valence electrons. The Labute approximate surface area is 135 Å². The number of likely N-dealkylation sites (tertiary alicyclic amines) is 1. The van der Waals surface area contributed by atoms with Crippen molar-refractivity contribution >= 4 is 11.6 Å². The van der Waals surface area contributed by atoms with E-state index in [4.69, 9.17) is 16.3 Å². The molecular weight excluding hydrogens is 302 g/mol. The van der Waals surface area contributed by atoms with E-state index in [2.05, 4.69) is 16.1 Å². The van der Waals surface area contributed by atoms with Crippen LogP contribution in [0.15, 0.2) is 30.6 Å². The molecule has 3 rings (SSSR count). The van der Waals surface area contributed by atoms with Crippen molar-refractivity contribution in [3.8, 4) is 5.75 Å². The molecule has 1 saturated heterocycles. The minimum absolute atomic E-state index is 0.232. The van der Waals surface area contributed by atoms with Crippen molar-refractivity contribution in [1.82, 2.24) is 14.7 Å². The first-order chi connectivity index (χ1) is 10.5. The van der Waals surface area contributed by atoms with E-state index in [9.17, 15) is 5.11 Å². The molecule has 1 aliphatic heterocycles. The highest BCUT2D eigenvalue weighted by Gasteiger charge is 2.33. The molecule has 1 aliphatic rings. The number of ether oxygens (including phenoxy) is 1. The molecule has 0 unspecified atom stereocenters. The molecule has 2 heterocycles. The third-order valence-electron chi connectivity index (χ3n) is 3.79. The third-order valence-corrected chi connectivity index (χ3v) is 4.01. The number of β-amino-alcohol motifs (C(OH)–C–C–N with tert-alkyl or cyclic N) is 1. The highest BCUT2D eigenvalue weighted by Crippen LogP contribution is 2.21. The van der Waals surface area contributed by atoms with Crippen LogP contribution in [0.5, 0.6) is 5.75 Å². The second-order valence-electron chi connectivity index (χ2n) is 5.90. The van der Waals surface area contributed by atoms with Gasteiger partial charge in [-0.15, -0.1) is 0 Å². The Morgan fingerprint density at radius 2 is 2.18 bits per heavy atom. The quantitative estimate of drug-likeness (QED) is 0.936. The summed E-state index contributed by atoms with van der Waals surface area (Å²) in [5.41, 5.74) is 2.30. The van der Waals surface area contributed by atoms with Crippen LogP contribution in [0.3, 0.4) is 0 Å².